The number of nitrogens with zero attached hydrogens (tertiary/aromatic N) is 1. The molecule has 2 aliphatic heterocycles. The van der Waals surface area contributed by atoms with Gasteiger partial charge < -0.3 is 43.0 Å². The SMILES string of the molecule is CC(=O)OC[C@]12[C@H](OC(=O)c3ccccc3)C(=O)[C@@H]3[C@@H](OC(C)=O)[C@@]14O[C@@]3(C)COC(=O)c1cccnc1[C@@H](C)[C@@H](C)C(=O)O[C@@H]([C@H](OC(C)=O)[C@@H]2OC(C)=O)[C@]4(C)O. The smallest absolute Gasteiger partial charge is 0.340 e. The highest BCUT2D eigenvalue weighted by Gasteiger charge is 2.91. The molecule has 4 bridgehead atoms. The fraction of sp³-hybridized carbons (Fsp3) is 0.537. The average Bonchev–Trinajstić information content (AvgIpc) is 3.40. The molecule has 2 aliphatic carbocycles. The molecule has 3 fully saturated rings. The third-order valence-corrected chi connectivity index (χ3v) is 11.9. The molecule has 0 amide bonds. The Balaban J connectivity index is 1.76. The summed E-state index contributed by atoms with van der Waals surface area (Å²) in [6.07, 6.45) is -9.24. The van der Waals surface area contributed by atoms with Gasteiger partial charge in [0.15, 0.2) is 35.8 Å². The van der Waals surface area contributed by atoms with E-state index in [0.29, 0.717) is 0 Å². The van der Waals surface area contributed by atoms with Crippen molar-refractivity contribution in [2.45, 2.75) is 109 Å². The Kier molecular flexibility index (Phi) is 11.2. The first-order chi connectivity index (χ1) is 27.6. The van der Waals surface area contributed by atoms with Crippen molar-refractivity contribution in [1.82, 2.24) is 4.98 Å². The molecule has 0 radical (unpaired) electrons. The minimum absolute atomic E-state index is 0.0546. The van der Waals surface area contributed by atoms with Gasteiger partial charge in [-0.3, -0.25) is 33.8 Å². The average molecular weight is 824 g/mol. The number of benzene rings is 1. The van der Waals surface area contributed by atoms with Gasteiger partial charge in [-0.1, -0.05) is 32.0 Å². The van der Waals surface area contributed by atoms with Crippen molar-refractivity contribution in [3.05, 3.63) is 65.5 Å². The number of cyclic esters (lactones) is 1. The lowest BCUT2D eigenvalue weighted by Crippen LogP contribution is -2.88. The van der Waals surface area contributed by atoms with Crippen LogP contribution in [0.1, 0.15) is 87.7 Å². The van der Waals surface area contributed by atoms with E-state index in [-0.39, 0.29) is 16.8 Å². The molecule has 1 aromatic heterocycles. The molecule has 18 heteroatoms. The summed E-state index contributed by atoms with van der Waals surface area (Å²) in [6.45, 7) is 7.41. The topological polar surface area (TPSA) is 244 Å². The summed E-state index contributed by atoms with van der Waals surface area (Å²) in [4.78, 5) is 115. The van der Waals surface area contributed by atoms with Gasteiger partial charge in [-0.2, -0.15) is 0 Å². The van der Waals surface area contributed by atoms with Crippen LogP contribution in [0.15, 0.2) is 48.7 Å². The highest BCUT2D eigenvalue weighted by molar-refractivity contribution is 5.97. The van der Waals surface area contributed by atoms with Crippen molar-refractivity contribution < 1.29 is 81.4 Å². The van der Waals surface area contributed by atoms with E-state index in [1.165, 1.54) is 56.4 Å². The van der Waals surface area contributed by atoms with Crippen LogP contribution in [0.4, 0.5) is 0 Å². The molecule has 18 nitrogen and oxygen atoms in total. The van der Waals surface area contributed by atoms with Gasteiger partial charge in [0.2, 0.25) is 0 Å². The van der Waals surface area contributed by atoms with Crippen molar-refractivity contribution in [2.24, 2.45) is 17.3 Å². The number of esters is 7. The highest BCUT2D eigenvalue weighted by Crippen LogP contribution is 2.69. The standard InChI is InChI=1S/C41H45NO17/c1-19-20(2)35(48)58-33-30(54-22(4)44)34(56-24(6)46)40(18-52-21(3)43)32(57-36(49)25-13-10-9-11-14-25)29(47)27-31(55-23(5)45)41(40,39(33,8)51)59-38(27,7)17-53-37(50)26-15-12-16-42-28(19)26/h9-16,19-20,27,30-34,51H,17-18H2,1-8H3/t19-,20+,27+,30-,31+,32+,33-,34-,38-,39-,40+,41-/m0/s1. The van der Waals surface area contributed by atoms with Crippen LogP contribution in [-0.2, 0) is 66.7 Å². The zero-order valence-corrected chi connectivity index (χ0v) is 33.6. The Morgan fingerprint density at radius 1 is 0.814 bits per heavy atom. The number of aliphatic hydroxyl groups is 1. The van der Waals surface area contributed by atoms with Crippen molar-refractivity contribution in [2.75, 3.05) is 13.2 Å². The number of Topliss-reactive ketones (excluding diaryl/α,β-unsaturated/α-hetero) is 1. The second kappa shape index (κ2) is 15.4. The van der Waals surface area contributed by atoms with Crippen LogP contribution in [0.5, 0.6) is 0 Å². The Morgan fingerprint density at radius 3 is 2.05 bits per heavy atom. The number of carbonyl (C=O) groups excluding carboxylic acids is 8. The molecule has 1 saturated heterocycles. The van der Waals surface area contributed by atoms with E-state index >= 15 is 4.79 Å². The summed E-state index contributed by atoms with van der Waals surface area (Å²) < 4.78 is 48.3. The number of carbonyl (C=O) groups is 8. The summed E-state index contributed by atoms with van der Waals surface area (Å²) in [6, 6.07) is 10.2. The minimum atomic E-state index is -2.86. The molecule has 316 valence electrons. The summed E-state index contributed by atoms with van der Waals surface area (Å²) in [5.41, 5.74) is -10.5. The number of rotatable bonds is 7. The maximum Gasteiger partial charge on any atom is 0.340 e. The molecular formula is C41H45NO17. The number of pyridine rings is 1. The molecule has 0 unspecified atom stereocenters. The number of hydrogen-bond donors (Lipinski definition) is 1. The predicted octanol–water partition coefficient (Wildman–Crippen LogP) is 1.96. The molecule has 12 atom stereocenters. The summed E-state index contributed by atoms with van der Waals surface area (Å²) >= 11 is 0. The fourth-order valence-electron chi connectivity index (χ4n) is 9.28. The summed E-state index contributed by atoms with van der Waals surface area (Å²) in [5.74, 6) is -12.2. The van der Waals surface area contributed by atoms with Crippen LogP contribution in [0.25, 0.3) is 0 Å². The molecule has 6 rings (SSSR count). The van der Waals surface area contributed by atoms with Crippen molar-refractivity contribution in [3.63, 3.8) is 0 Å². The molecule has 1 N–H and O–H groups in total. The van der Waals surface area contributed by atoms with Crippen LogP contribution in [0.3, 0.4) is 0 Å². The Morgan fingerprint density at radius 2 is 1.44 bits per heavy atom. The number of fused-ring (bicyclic) bond motifs is 5. The van der Waals surface area contributed by atoms with E-state index in [4.69, 9.17) is 37.9 Å². The van der Waals surface area contributed by atoms with Gasteiger partial charge in [0, 0.05) is 39.8 Å². The number of ketones is 1. The Hall–Kier alpha value is -5.75. The van der Waals surface area contributed by atoms with E-state index in [9.17, 15) is 38.7 Å². The number of hydrogen-bond acceptors (Lipinski definition) is 18. The van der Waals surface area contributed by atoms with E-state index < -0.39 is 131 Å². The highest BCUT2D eigenvalue weighted by atomic mass is 16.7. The maximum absolute atomic E-state index is 15.5. The molecule has 3 heterocycles. The lowest BCUT2D eigenvalue weighted by atomic mass is 9.45. The van der Waals surface area contributed by atoms with E-state index in [2.05, 4.69) is 4.98 Å². The molecule has 59 heavy (non-hydrogen) atoms. The maximum atomic E-state index is 15.5. The van der Waals surface area contributed by atoms with Crippen molar-refractivity contribution in [1.29, 1.82) is 0 Å². The summed E-state index contributed by atoms with van der Waals surface area (Å²) in [7, 11) is 0. The lowest BCUT2D eigenvalue weighted by Gasteiger charge is -2.66. The number of ether oxygens (including phenoxy) is 8. The van der Waals surface area contributed by atoms with E-state index in [1.54, 1.807) is 13.0 Å². The normalized spacial score (nSPS) is 36.1. The first kappa shape index (κ1) is 42.8. The van der Waals surface area contributed by atoms with Crippen molar-refractivity contribution >= 4 is 47.6 Å². The Bertz CT molecular complexity index is 2090. The van der Waals surface area contributed by atoms with Gasteiger partial charge in [0.25, 0.3) is 0 Å². The molecule has 2 aromatic rings. The zero-order valence-electron chi connectivity index (χ0n) is 33.6. The third kappa shape index (κ3) is 6.80. The molecule has 1 aromatic carbocycles. The van der Waals surface area contributed by atoms with Crippen LogP contribution >= 0.6 is 0 Å². The number of aromatic nitrogens is 1. The predicted molar refractivity (Wildman–Crippen MR) is 195 cm³/mol. The largest absolute Gasteiger partial charge is 0.465 e. The monoisotopic (exact) mass is 823 g/mol. The molecule has 1 spiro atoms. The summed E-state index contributed by atoms with van der Waals surface area (Å²) in [5, 5.41) is 13.4. The van der Waals surface area contributed by atoms with Gasteiger partial charge in [-0.05, 0) is 38.1 Å². The molecule has 2 saturated carbocycles. The van der Waals surface area contributed by atoms with Gasteiger partial charge in [-0.15, -0.1) is 0 Å². The quantitative estimate of drug-likeness (QED) is 0.310. The second-order valence-corrected chi connectivity index (χ2v) is 15.7. The van der Waals surface area contributed by atoms with Gasteiger partial charge >= 0.3 is 41.8 Å². The van der Waals surface area contributed by atoms with Crippen molar-refractivity contribution in [3.8, 4) is 0 Å². The van der Waals surface area contributed by atoms with Crippen LogP contribution in [0.2, 0.25) is 0 Å². The third-order valence-electron chi connectivity index (χ3n) is 11.9. The van der Waals surface area contributed by atoms with Gasteiger partial charge in [0.05, 0.1) is 28.7 Å². The Labute approximate surface area is 338 Å². The first-order valence-electron chi connectivity index (χ1n) is 18.8. The van der Waals surface area contributed by atoms with Gasteiger partial charge in [0.1, 0.15) is 35.9 Å². The first-order valence-corrected chi connectivity index (χ1v) is 18.8. The van der Waals surface area contributed by atoms with Crippen LogP contribution < -0.4 is 0 Å². The molecule has 4 aliphatic rings. The fourth-order valence-corrected chi connectivity index (χ4v) is 9.28. The van der Waals surface area contributed by atoms with E-state index in [0.717, 1.165) is 34.6 Å². The van der Waals surface area contributed by atoms with Crippen LogP contribution in [0, 0.1) is 17.3 Å². The van der Waals surface area contributed by atoms with Gasteiger partial charge in [-0.25, -0.2) is 9.59 Å². The lowest BCUT2D eigenvalue weighted by molar-refractivity contribution is -0.376. The van der Waals surface area contributed by atoms with Crippen LogP contribution in [-0.4, -0.2) is 118 Å². The zero-order chi connectivity index (χ0) is 43.4. The minimum Gasteiger partial charge on any atom is -0.465 e. The second-order valence-electron chi connectivity index (χ2n) is 15.7. The van der Waals surface area contributed by atoms with E-state index in [1.807, 2.05) is 0 Å². The molecular weight excluding hydrogens is 778 g/mol.